The number of amides is 1. The van der Waals surface area contributed by atoms with Crippen molar-refractivity contribution in [3.8, 4) is 0 Å². The van der Waals surface area contributed by atoms with E-state index in [1.165, 1.54) is 28.7 Å². The van der Waals surface area contributed by atoms with E-state index in [9.17, 15) is 9.18 Å². The maximum Gasteiger partial charge on any atom is 0.263 e. The third-order valence-corrected chi connectivity index (χ3v) is 5.06. The molecule has 0 saturated heterocycles. The molecule has 0 radical (unpaired) electrons. The van der Waals surface area contributed by atoms with Gasteiger partial charge in [0.05, 0.1) is 17.6 Å². The largest absolute Gasteiger partial charge is 0.397 e. The van der Waals surface area contributed by atoms with Gasteiger partial charge in [0, 0.05) is 15.8 Å². The molecule has 108 valence electrons. The molecule has 2 heterocycles. The number of fused-ring (bicyclic) bond motifs is 1. The highest BCUT2D eigenvalue weighted by atomic mass is 32.1. The van der Waals surface area contributed by atoms with Crippen LogP contribution < -0.4 is 11.1 Å². The smallest absolute Gasteiger partial charge is 0.263 e. The summed E-state index contributed by atoms with van der Waals surface area (Å²) in [4.78, 5) is 17.8. The number of nitrogens with one attached hydrogen (secondary N) is 1. The van der Waals surface area contributed by atoms with Crippen LogP contribution in [0.25, 0.3) is 10.1 Å². The topological polar surface area (TPSA) is 68.0 Å². The van der Waals surface area contributed by atoms with Gasteiger partial charge in [0.2, 0.25) is 0 Å². The lowest BCUT2D eigenvalue weighted by molar-refractivity contribution is 0.0956. The van der Waals surface area contributed by atoms with Crippen molar-refractivity contribution in [2.24, 2.45) is 0 Å². The average Bonchev–Trinajstić information content (AvgIpc) is 3.01. The number of nitrogens with two attached hydrogens (primary N) is 1. The van der Waals surface area contributed by atoms with E-state index in [0.29, 0.717) is 21.5 Å². The highest BCUT2D eigenvalue weighted by Gasteiger charge is 2.18. The summed E-state index contributed by atoms with van der Waals surface area (Å²) >= 11 is 2.72. The fourth-order valence-electron chi connectivity index (χ4n) is 2.02. The van der Waals surface area contributed by atoms with Crippen LogP contribution in [0.4, 0.5) is 10.1 Å². The van der Waals surface area contributed by atoms with Crippen molar-refractivity contribution in [3.05, 3.63) is 45.0 Å². The van der Waals surface area contributed by atoms with E-state index in [-0.39, 0.29) is 11.6 Å². The van der Waals surface area contributed by atoms with E-state index in [1.54, 1.807) is 18.3 Å². The minimum atomic E-state index is -0.407. The maximum absolute atomic E-state index is 13.8. The zero-order valence-corrected chi connectivity index (χ0v) is 12.8. The van der Waals surface area contributed by atoms with Gasteiger partial charge in [0.1, 0.15) is 15.7 Å². The second-order valence-electron chi connectivity index (χ2n) is 4.51. The summed E-state index contributed by atoms with van der Waals surface area (Å²) in [5.74, 6) is -0.711. The number of halogens is 1. The predicted octanol–water partition coefficient (Wildman–Crippen LogP) is 3.32. The van der Waals surface area contributed by atoms with Gasteiger partial charge in [0.15, 0.2) is 0 Å². The van der Waals surface area contributed by atoms with Gasteiger partial charge >= 0.3 is 0 Å². The Hall–Kier alpha value is -1.99. The Morgan fingerprint density at radius 2 is 2.24 bits per heavy atom. The minimum Gasteiger partial charge on any atom is -0.397 e. The molecule has 0 saturated carbocycles. The molecule has 21 heavy (non-hydrogen) atoms. The molecule has 0 unspecified atom stereocenters. The number of rotatable bonds is 3. The van der Waals surface area contributed by atoms with E-state index in [0.717, 1.165) is 9.88 Å². The molecule has 3 rings (SSSR count). The van der Waals surface area contributed by atoms with Crippen molar-refractivity contribution >= 4 is 44.4 Å². The summed E-state index contributed by atoms with van der Waals surface area (Å²) in [7, 11) is 0. The lowest BCUT2D eigenvalue weighted by Gasteiger charge is -2.02. The summed E-state index contributed by atoms with van der Waals surface area (Å²) < 4.78 is 14.4. The lowest BCUT2D eigenvalue weighted by Crippen LogP contribution is -2.22. The molecule has 0 aliphatic carbocycles. The first-order chi connectivity index (χ1) is 10.1. The van der Waals surface area contributed by atoms with Gasteiger partial charge in [-0.25, -0.2) is 9.37 Å². The monoisotopic (exact) mass is 321 g/mol. The minimum absolute atomic E-state index is 0.195. The third-order valence-electron chi connectivity index (χ3n) is 2.98. The second kappa shape index (κ2) is 5.42. The van der Waals surface area contributed by atoms with Gasteiger partial charge in [-0.2, -0.15) is 0 Å². The molecule has 0 bridgehead atoms. The SMILES string of the molecule is Cc1cnc(CNC(=O)c2sc3cccc(F)c3c2N)s1. The van der Waals surface area contributed by atoms with Crippen molar-refractivity contribution in [1.29, 1.82) is 0 Å². The Balaban J connectivity index is 1.84. The fraction of sp³-hybridized carbons (Fsp3) is 0.143. The Morgan fingerprint density at radius 3 is 2.90 bits per heavy atom. The molecular weight excluding hydrogens is 309 g/mol. The van der Waals surface area contributed by atoms with Gasteiger partial charge in [-0.15, -0.1) is 22.7 Å². The summed E-state index contributed by atoms with van der Waals surface area (Å²) in [5, 5.41) is 3.91. The third kappa shape index (κ3) is 2.62. The number of aromatic nitrogens is 1. The van der Waals surface area contributed by atoms with Gasteiger partial charge in [-0.05, 0) is 19.1 Å². The Bertz CT molecular complexity index is 825. The van der Waals surface area contributed by atoms with Gasteiger partial charge in [-0.3, -0.25) is 4.79 Å². The van der Waals surface area contributed by atoms with Gasteiger partial charge < -0.3 is 11.1 Å². The number of thiophene rings is 1. The van der Waals surface area contributed by atoms with Crippen LogP contribution in [-0.4, -0.2) is 10.9 Å². The Kier molecular flexibility index (Phi) is 3.60. The number of nitrogens with zero attached hydrogens (tertiary/aromatic N) is 1. The van der Waals surface area contributed by atoms with E-state index in [1.807, 2.05) is 6.92 Å². The quantitative estimate of drug-likeness (QED) is 0.777. The van der Waals surface area contributed by atoms with Gasteiger partial charge in [0.25, 0.3) is 5.91 Å². The number of hydrogen-bond donors (Lipinski definition) is 2. The lowest BCUT2D eigenvalue weighted by atomic mass is 10.2. The number of carbonyl (C=O) groups is 1. The zero-order valence-electron chi connectivity index (χ0n) is 11.1. The van der Waals surface area contributed by atoms with E-state index < -0.39 is 5.82 Å². The van der Waals surface area contributed by atoms with Crippen LogP contribution in [0.1, 0.15) is 19.6 Å². The molecule has 0 aliphatic heterocycles. The summed E-state index contributed by atoms with van der Waals surface area (Å²) in [6.07, 6.45) is 1.76. The summed E-state index contributed by atoms with van der Waals surface area (Å²) in [6, 6.07) is 4.69. The standard InChI is InChI=1S/C14H12FN3OS2/c1-7-5-17-10(20-7)6-18-14(19)13-12(16)11-8(15)3-2-4-9(11)21-13/h2-5H,6,16H2,1H3,(H,18,19). The number of aryl methyl sites for hydroxylation is 1. The molecule has 0 spiro atoms. The first-order valence-electron chi connectivity index (χ1n) is 6.22. The summed E-state index contributed by atoms with van der Waals surface area (Å²) in [6.45, 7) is 2.29. The number of carbonyl (C=O) groups excluding carboxylic acids is 1. The molecule has 1 aromatic carbocycles. The summed E-state index contributed by atoms with van der Waals surface area (Å²) in [5.41, 5.74) is 6.11. The van der Waals surface area contributed by atoms with E-state index >= 15 is 0 Å². The Labute approximate surface area is 128 Å². The number of anilines is 1. The molecule has 0 atom stereocenters. The molecule has 3 N–H and O–H groups in total. The molecular formula is C14H12FN3OS2. The second-order valence-corrected chi connectivity index (χ2v) is 6.88. The van der Waals surface area contributed by atoms with Crippen LogP contribution >= 0.6 is 22.7 Å². The van der Waals surface area contributed by atoms with Crippen molar-refractivity contribution in [1.82, 2.24) is 10.3 Å². The van der Waals surface area contributed by atoms with E-state index in [2.05, 4.69) is 10.3 Å². The van der Waals surface area contributed by atoms with Crippen LogP contribution in [0, 0.1) is 12.7 Å². The predicted molar refractivity (Wildman–Crippen MR) is 84.2 cm³/mol. The molecule has 2 aromatic heterocycles. The first kappa shape index (κ1) is 14.0. The maximum atomic E-state index is 13.8. The number of hydrogen-bond acceptors (Lipinski definition) is 5. The van der Waals surface area contributed by atoms with Crippen LogP contribution in [0.3, 0.4) is 0 Å². The van der Waals surface area contributed by atoms with E-state index in [4.69, 9.17) is 5.73 Å². The van der Waals surface area contributed by atoms with Gasteiger partial charge in [-0.1, -0.05) is 6.07 Å². The van der Waals surface area contributed by atoms with Crippen LogP contribution in [-0.2, 0) is 6.54 Å². The highest BCUT2D eigenvalue weighted by Crippen LogP contribution is 2.35. The van der Waals surface area contributed by atoms with Crippen LogP contribution in [0.5, 0.6) is 0 Å². The first-order valence-corrected chi connectivity index (χ1v) is 7.85. The zero-order chi connectivity index (χ0) is 15.0. The average molecular weight is 321 g/mol. The molecule has 1 amide bonds. The number of nitrogen functional groups attached to an aromatic ring is 1. The molecule has 3 aromatic rings. The normalized spacial score (nSPS) is 11.0. The molecule has 4 nitrogen and oxygen atoms in total. The van der Waals surface area contributed by atoms with Crippen molar-refractivity contribution in [2.75, 3.05) is 5.73 Å². The highest BCUT2D eigenvalue weighted by molar-refractivity contribution is 7.21. The van der Waals surface area contributed by atoms with Crippen molar-refractivity contribution < 1.29 is 9.18 Å². The number of thiazole rings is 1. The van der Waals surface area contributed by atoms with Crippen molar-refractivity contribution in [3.63, 3.8) is 0 Å². The fourth-order valence-corrected chi connectivity index (χ4v) is 3.80. The van der Waals surface area contributed by atoms with Crippen LogP contribution in [0.2, 0.25) is 0 Å². The van der Waals surface area contributed by atoms with Crippen molar-refractivity contribution in [2.45, 2.75) is 13.5 Å². The number of benzene rings is 1. The van der Waals surface area contributed by atoms with Crippen LogP contribution in [0.15, 0.2) is 24.4 Å². The molecule has 0 aliphatic rings. The molecule has 0 fully saturated rings. The molecule has 7 heteroatoms. The Morgan fingerprint density at radius 1 is 1.43 bits per heavy atom.